The minimum atomic E-state index is -3.44. The lowest BCUT2D eigenvalue weighted by atomic mass is 10.2. The molecule has 1 N–H and O–H groups in total. The highest BCUT2D eigenvalue weighted by Crippen LogP contribution is 2.21. The normalized spacial score (nSPS) is 11.0. The Morgan fingerprint density at radius 3 is 2.52 bits per heavy atom. The van der Waals surface area contributed by atoms with Gasteiger partial charge in [-0.3, -0.25) is 19.2 Å². The van der Waals surface area contributed by atoms with Gasteiger partial charge in [-0.05, 0) is 31.2 Å². The molecule has 0 radical (unpaired) electrons. The van der Waals surface area contributed by atoms with Crippen LogP contribution in [0.4, 0.5) is 17.1 Å². The SMILES string of the molecule is CCS(=O)(=O)N(C)c1cccc(C(=O)Nc2cccc([N+](=O)[O-])c2)c1. The molecule has 0 unspecified atom stereocenters. The molecular weight excluding hydrogens is 346 g/mol. The number of amides is 1. The van der Waals surface area contributed by atoms with Crippen molar-refractivity contribution in [1.82, 2.24) is 0 Å². The van der Waals surface area contributed by atoms with Crippen LogP contribution in [0.2, 0.25) is 0 Å². The van der Waals surface area contributed by atoms with Crippen molar-refractivity contribution in [3.05, 3.63) is 64.2 Å². The van der Waals surface area contributed by atoms with Crippen LogP contribution in [0.5, 0.6) is 0 Å². The van der Waals surface area contributed by atoms with Crippen LogP contribution in [0.1, 0.15) is 17.3 Å². The molecular formula is C16H17N3O5S. The van der Waals surface area contributed by atoms with Crippen LogP contribution >= 0.6 is 0 Å². The van der Waals surface area contributed by atoms with E-state index in [-0.39, 0.29) is 22.7 Å². The summed E-state index contributed by atoms with van der Waals surface area (Å²) in [5.74, 6) is -0.558. The Morgan fingerprint density at radius 1 is 1.20 bits per heavy atom. The number of anilines is 2. The van der Waals surface area contributed by atoms with Crippen LogP contribution in [-0.4, -0.2) is 32.0 Å². The van der Waals surface area contributed by atoms with Gasteiger partial charge >= 0.3 is 0 Å². The van der Waals surface area contributed by atoms with Crippen LogP contribution in [-0.2, 0) is 10.0 Å². The fraction of sp³-hybridized carbons (Fsp3) is 0.188. The standard InChI is InChI=1S/C16H17N3O5S/c1-3-25(23,24)18(2)14-8-4-6-12(10-14)16(20)17-13-7-5-9-15(11-13)19(21)22/h4-11H,3H2,1-2H3,(H,17,20). The highest BCUT2D eigenvalue weighted by Gasteiger charge is 2.17. The number of nitrogens with zero attached hydrogens (tertiary/aromatic N) is 2. The van der Waals surface area contributed by atoms with Gasteiger partial charge in [0.2, 0.25) is 10.0 Å². The number of hydrogen-bond donors (Lipinski definition) is 1. The van der Waals surface area contributed by atoms with Gasteiger partial charge < -0.3 is 5.32 Å². The van der Waals surface area contributed by atoms with Gasteiger partial charge in [0.1, 0.15) is 0 Å². The molecule has 0 saturated heterocycles. The summed E-state index contributed by atoms with van der Waals surface area (Å²) in [5.41, 5.74) is 0.732. The zero-order valence-corrected chi connectivity index (χ0v) is 14.5. The van der Waals surface area contributed by atoms with Crippen LogP contribution in [0.3, 0.4) is 0 Å². The zero-order chi connectivity index (χ0) is 18.6. The Morgan fingerprint density at radius 2 is 1.88 bits per heavy atom. The Hall–Kier alpha value is -2.94. The molecule has 25 heavy (non-hydrogen) atoms. The van der Waals surface area contributed by atoms with E-state index in [2.05, 4.69) is 5.32 Å². The summed E-state index contributed by atoms with van der Waals surface area (Å²) in [6.45, 7) is 1.53. The number of nitro benzene ring substituents is 1. The van der Waals surface area contributed by atoms with E-state index in [1.807, 2.05) is 0 Å². The summed E-state index contributed by atoms with van der Waals surface area (Å²) in [4.78, 5) is 22.6. The molecule has 2 aromatic carbocycles. The van der Waals surface area contributed by atoms with E-state index in [1.165, 1.54) is 50.4 Å². The predicted octanol–water partition coefficient (Wildman–Crippen LogP) is 2.63. The number of carbonyl (C=O) groups excluding carboxylic acids is 1. The van der Waals surface area contributed by atoms with Gasteiger partial charge in [-0.25, -0.2) is 8.42 Å². The van der Waals surface area contributed by atoms with E-state index in [4.69, 9.17) is 0 Å². The molecule has 2 rings (SSSR count). The molecule has 0 aliphatic carbocycles. The number of sulfonamides is 1. The summed E-state index contributed by atoms with van der Waals surface area (Å²) in [6, 6.07) is 11.7. The average Bonchev–Trinajstić information content (AvgIpc) is 2.61. The average molecular weight is 363 g/mol. The number of benzene rings is 2. The summed E-state index contributed by atoms with van der Waals surface area (Å²) in [5, 5.41) is 13.3. The van der Waals surface area contributed by atoms with Crippen LogP contribution in [0.25, 0.3) is 0 Å². The Balaban J connectivity index is 2.25. The van der Waals surface area contributed by atoms with Crippen molar-refractivity contribution in [1.29, 1.82) is 0 Å². The summed E-state index contributed by atoms with van der Waals surface area (Å²) in [6.07, 6.45) is 0. The second-order valence-corrected chi connectivity index (χ2v) is 7.47. The predicted molar refractivity (Wildman–Crippen MR) is 95.4 cm³/mol. The molecule has 0 spiro atoms. The van der Waals surface area contributed by atoms with E-state index < -0.39 is 20.9 Å². The molecule has 0 aliphatic heterocycles. The van der Waals surface area contributed by atoms with Gasteiger partial charge in [-0.2, -0.15) is 0 Å². The van der Waals surface area contributed by atoms with Crippen molar-refractivity contribution in [3.63, 3.8) is 0 Å². The van der Waals surface area contributed by atoms with Gasteiger partial charge in [-0.15, -0.1) is 0 Å². The van der Waals surface area contributed by atoms with Crippen molar-refractivity contribution < 1.29 is 18.1 Å². The first-order chi connectivity index (χ1) is 11.7. The second-order valence-electron chi connectivity index (χ2n) is 5.18. The van der Waals surface area contributed by atoms with Crippen molar-refractivity contribution in [2.75, 3.05) is 22.4 Å². The molecule has 0 atom stereocenters. The fourth-order valence-electron chi connectivity index (χ4n) is 2.10. The number of nitro groups is 1. The van der Waals surface area contributed by atoms with E-state index >= 15 is 0 Å². The molecule has 0 aromatic heterocycles. The van der Waals surface area contributed by atoms with Gasteiger partial charge in [0, 0.05) is 30.4 Å². The molecule has 9 heteroatoms. The highest BCUT2D eigenvalue weighted by molar-refractivity contribution is 7.92. The fourth-order valence-corrected chi connectivity index (χ4v) is 2.92. The number of carbonyl (C=O) groups is 1. The number of non-ortho nitro benzene ring substituents is 1. The van der Waals surface area contributed by atoms with E-state index in [0.29, 0.717) is 5.69 Å². The topological polar surface area (TPSA) is 110 Å². The molecule has 0 fully saturated rings. The Bertz CT molecular complexity index is 911. The maximum Gasteiger partial charge on any atom is 0.271 e. The quantitative estimate of drug-likeness (QED) is 0.627. The smallest absolute Gasteiger partial charge is 0.271 e. The third-order valence-electron chi connectivity index (χ3n) is 3.57. The minimum absolute atomic E-state index is 0.0619. The second kappa shape index (κ2) is 7.31. The third kappa shape index (κ3) is 4.32. The van der Waals surface area contributed by atoms with Crippen LogP contribution in [0.15, 0.2) is 48.5 Å². The molecule has 0 saturated carbocycles. The maximum absolute atomic E-state index is 12.3. The molecule has 0 aliphatic rings. The molecule has 132 valence electrons. The van der Waals surface area contributed by atoms with Crippen LogP contribution < -0.4 is 9.62 Å². The van der Waals surface area contributed by atoms with Gasteiger partial charge in [0.25, 0.3) is 11.6 Å². The number of nitrogens with one attached hydrogen (secondary N) is 1. The van der Waals surface area contributed by atoms with Gasteiger partial charge in [0.15, 0.2) is 0 Å². The first-order valence-corrected chi connectivity index (χ1v) is 8.98. The largest absolute Gasteiger partial charge is 0.322 e. The van der Waals surface area contributed by atoms with E-state index in [1.54, 1.807) is 12.1 Å². The lowest BCUT2D eigenvalue weighted by molar-refractivity contribution is -0.384. The van der Waals surface area contributed by atoms with Crippen molar-refractivity contribution >= 4 is 33.0 Å². The summed E-state index contributed by atoms with van der Waals surface area (Å²) >= 11 is 0. The maximum atomic E-state index is 12.3. The molecule has 1 amide bonds. The zero-order valence-electron chi connectivity index (χ0n) is 13.7. The Kier molecular flexibility index (Phi) is 5.38. The lowest BCUT2D eigenvalue weighted by Gasteiger charge is -2.19. The number of rotatable bonds is 6. The molecule has 0 bridgehead atoms. The van der Waals surface area contributed by atoms with Crippen LogP contribution in [0, 0.1) is 10.1 Å². The van der Waals surface area contributed by atoms with Crippen molar-refractivity contribution in [3.8, 4) is 0 Å². The number of hydrogen-bond acceptors (Lipinski definition) is 5. The van der Waals surface area contributed by atoms with E-state index in [0.717, 1.165) is 4.31 Å². The molecule has 8 nitrogen and oxygen atoms in total. The minimum Gasteiger partial charge on any atom is -0.322 e. The first kappa shape index (κ1) is 18.4. The van der Waals surface area contributed by atoms with Gasteiger partial charge in [-0.1, -0.05) is 12.1 Å². The third-order valence-corrected chi connectivity index (χ3v) is 5.34. The monoisotopic (exact) mass is 363 g/mol. The summed E-state index contributed by atoms with van der Waals surface area (Å²) < 4.78 is 25.0. The lowest BCUT2D eigenvalue weighted by Crippen LogP contribution is -2.28. The first-order valence-electron chi connectivity index (χ1n) is 7.37. The Labute approximate surface area is 145 Å². The van der Waals surface area contributed by atoms with Crippen molar-refractivity contribution in [2.45, 2.75) is 6.92 Å². The van der Waals surface area contributed by atoms with Gasteiger partial charge in [0.05, 0.1) is 16.4 Å². The summed E-state index contributed by atoms with van der Waals surface area (Å²) in [7, 11) is -2.03. The van der Waals surface area contributed by atoms with E-state index in [9.17, 15) is 23.3 Å². The highest BCUT2D eigenvalue weighted by atomic mass is 32.2. The molecule has 2 aromatic rings. The van der Waals surface area contributed by atoms with Crippen molar-refractivity contribution in [2.24, 2.45) is 0 Å². The molecule has 0 heterocycles.